The van der Waals surface area contributed by atoms with E-state index in [0.29, 0.717) is 5.73 Å². The summed E-state index contributed by atoms with van der Waals surface area (Å²) < 4.78 is 10.7. The van der Waals surface area contributed by atoms with Crippen molar-refractivity contribution in [3.8, 4) is 0 Å². The fraction of sp³-hybridized carbons (Fsp3) is 0.857. The molecule has 1 radical (unpaired) electrons. The molecule has 0 rings (SSSR count). The van der Waals surface area contributed by atoms with Crippen molar-refractivity contribution in [1.29, 1.82) is 0 Å². The Morgan fingerprint density at radius 2 is 2.10 bits per heavy atom. The fourth-order valence-corrected chi connectivity index (χ4v) is 1.70. The van der Waals surface area contributed by atoms with Crippen LogP contribution in [0.5, 0.6) is 0 Å². The van der Waals surface area contributed by atoms with E-state index in [-0.39, 0.29) is 0 Å². The van der Waals surface area contributed by atoms with E-state index in [1.165, 1.54) is 0 Å². The minimum absolute atomic E-state index is 0.324. The van der Waals surface area contributed by atoms with Crippen LogP contribution < -0.4 is 0 Å². The molecule has 0 aliphatic carbocycles. The molecule has 0 aromatic rings. The van der Waals surface area contributed by atoms with Crippen LogP contribution in [0.2, 0.25) is 0 Å². The molecule has 0 fully saturated rings. The van der Waals surface area contributed by atoms with Crippen LogP contribution in [0, 0.1) is 6.92 Å². The van der Waals surface area contributed by atoms with Crippen LogP contribution in [-0.2, 0) is 9.16 Å². The standard InChI is InChI=1S/C7H17O2Si/c1-4-7(8-5-2)10-9-6-3/h7H,1,4-6,10H2,2-3H3. The van der Waals surface area contributed by atoms with Gasteiger partial charge in [0.1, 0.15) is 0 Å². The first-order valence-corrected chi connectivity index (χ1v) is 5.23. The molecule has 0 amide bonds. The molecule has 0 aliphatic rings. The second-order valence-corrected chi connectivity index (χ2v) is 3.68. The molecule has 10 heavy (non-hydrogen) atoms. The molecule has 0 saturated carbocycles. The smallest absolute Gasteiger partial charge is 0.190 e. The minimum Gasteiger partial charge on any atom is -0.422 e. The Bertz CT molecular complexity index is 68.6. The van der Waals surface area contributed by atoms with Gasteiger partial charge >= 0.3 is 0 Å². The average molecular weight is 161 g/mol. The van der Waals surface area contributed by atoms with Gasteiger partial charge < -0.3 is 9.16 Å². The zero-order valence-corrected chi connectivity index (χ0v) is 8.34. The van der Waals surface area contributed by atoms with Crippen molar-refractivity contribution in [1.82, 2.24) is 0 Å². The minimum atomic E-state index is -0.470. The lowest BCUT2D eigenvalue weighted by Gasteiger charge is -2.12. The molecule has 0 aromatic heterocycles. The first-order chi connectivity index (χ1) is 4.85. The van der Waals surface area contributed by atoms with Crippen molar-refractivity contribution in [2.75, 3.05) is 13.2 Å². The highest BCUT2D eigenvalue weighted by Gasteiger charge is 2.04. The summed E-state index contributed by atoms with van der Waals surface area (Å²) in [5.41, 5.74) is 0.324. The topological polar surface area (TPSA) is 18.5 Å². The number of ether oxygens (including phenoxy) is 1. The number of hydrogen-bond donors (Lipinski definition) is 0. The van der Waals surface area contributed by atoms with Gasteiger partial charge in [0.2, 0.25) is 0 Å². The molecule has 0 aliphatic heterocycles. The molecule has 1 unspecified atom stereocenters. The Labute approximate surface area is 65.9 Å². The zero-order chi connectivity index (χ0) is 7.82. The van der Waals surface area contributed by atoms with Crippen LogP contribution in [0.4, 0.5) is 0 Å². The van der Waals surface area contributed by atoms with E-state index in [4.69, 9.17) is 9.16 Å². The Morgan fingerprint density at radius 1 is 1.40 bits per heavy atom. The molecule has 61 valence electrons. The summed E-state index contributed by atoms with van der Waals surface area (Å²) in [6.07, 6.45) is 0.847. The van der Waals surface area contributed by atoms with Crippen molar-refractivity contribution in [3.05, 3.63) is 6.92 Å². The summed E-state index contributed by atoms with van der Waals surface area (Å²) in [6, 6.07) is 0. The van der Waals surface area contributed by atoms with Crippen molar-refractivity contribution in [3.63, 3.8) is 0 Å². The third kappa shape index (κ3) is 4.96. The molecule has 1 atom stereocenters. The zero-order valence-electron chi connectivity index (χ0n) is 6.93. The highest BCUT2D eigenvalue weighted by molar-refractivity contribution is 6.29. The molecular formula is C7H17O2Si. The van der Waals surface area contributed by atoms with E-state index in [2.05, 4.69) is 6.92 Å². The predicted molar refractivity (Wildman–Crippen MR) is 45.6 cm³/mol. The van der Waals surface area contributed by atoms with E-state index < -0.39 is 9.76 Å². The molecular weight excluding hydrogens is 144 g/mol. The van der Waals surface area contributed by atoms with Crippen molar-refractivity contribution >= 4 is 9.76 Å². The summed E-state index contributed by atoms with van der Waals surface area (Å²) in [6.45, 7) is 9.40. The monoisotopic (exact) mass is 161 g/mol. The molecule has 0 bridgehead atoms. The highest BCUT2D eigenvalue weighted by Crippen LogP contribution is 1.95. The van der Waals surface area contributed by atoms with Gasteiger partial charge in [0.05, 0.1) is 5.73 Å². The first-order valence-electron chi connectivity index (χ1n) is 3.83. The van der Waals surface area contributed by atoms with Crippen molar-refractivity contribution in [2.24, 2.45) is 0 Å². The molecule has 0 aromatic carbocycles. The van der Waals surface area contributed by atoms with Gasteiger partial charge in [0, 0.05) is 13.2 Å². The maximum Gasteiger partial charge on any atom is 0.190 e. The second-order valence-electron chi connectivity index (χ2n) is 2.03. The third-order valence-corrected chi connectivity index (χ3v) is 2.89. The van der Waals surface area contributed by atoms with E-state index in [1.807, 2.05) is 13.8 Å². The van der Waals surface area contributed by atoms with Crippen molar-refractivity contribution in [2.45, 2.75) is 26.0 Å². The molecule has 0 N–H and O–H groups in total. The van der Waals surface area contributed by atoms with Gasteiger partial charge in [-0.25, -0.2) is 0 Å². The molecule has 0 heterocycles. The van der Waals surface area contributed by atoms with Crippen LogP contribution in [0.15, 0.2) is 0 Å². The van der Waals surface area contributed by atoms with E-state index in [1.54, 1.807) is 0 Å². The molecule has 0 saturated heterocycles. The Kier molecular flexibility index (Phi) is 7.35. The summed E-state index contributed by atoms with van der Waals surface area (Å²) >= 11 is 0. The van der Waals surface area contributed by atoms with E-state index in [0.717, 1.165) is 19.6 Å². The van der Waals surface area contributed by atoms with Gasteiger partial charge in [-0.15, -0.1) is 0 Å². The van der Waals surface area contributed by atoms with Crippen LogP contribution in [0.1, 0.15) is 20.3 Å². The molecule has 3 heteroatoms. The van der Waals surface area contributed by atoms with Crippen LogP contribution in [0.3, 0.4) is 0 Å². The number of hydrogen-bond acceptors (Lipinski definition) is 2. The van der Waals surface area contributed by atoms with Gasteiger partial charge in [0.25, 0.3) is 0 Å². The maximum atomic E-state index is 5.37. The van der Waals surface area contributed by atoms with E-state index >= 15 is 0 Å². The van der Waals surface area contributed by atoms with E-state index in [9.17, 15) is 0 Å². The Balaban J connectivity index is 3.21. The summed E-state index contributed by atoms with van der Waals surface area (Å²) in [7, 11) is -0.470. The predicted octanol–water partition coefficient (Wildman–Crippen LogP) is 0.693. The largest absolute Gasteiger partial charge is 0.422 e. The summed E-state index contributed by atoms with van der Waals surface area (Å²) in [5, 5.41) is 0. The normalized spacial score (nSPS) is 14.7. The lowest BCUT2D eigenvalue weighted by molar-refractivity contribution is 0.106. The van der Waals surface area contributed by atoms with Gasteiger partial charge in [-0.3, -0.25) is 0 Å². The lowest BCUT2D eigenvalue weighted by Crippen LogP contribution is -2.22. The Hall–Kier alpha value is 0.137. The molecule has 2 nitrogen and oxygen atoms in total. The van der Waals surface area contributed by atoms with Gasteiger partial charge in [-0.05, 0) is 20.3 Å². The second kappa shape index (κ2) is 7.25. The van der Waals surface area contributed by atoms with Gasteiger partial charge in [0.15, 0.2) is 9.76 Å². The van der Waals surface area contributed by atoms with Crippen LogP contribution in [-0.4, -0.2) is 28.7 Å². The SMILES string of the molecule is [CH2]CC(OCC)[SiH2]OCC. The average Bonchev–Trinajstić information content (AvgIpc) is 1.98. The summed E-state index contributed by atoms with van der Waals surface area (Å²) in [4.78, 5) is 0. The molecule has 0 spiro atoms. The quantitative estimate of drug-likeness (QED) is 0.534. The Morgan fingerprint density at radius 3 is 2.50 bits per heavy atom. The first kappa shape index (κ1) is 10.1. The lowest BCUT2D eigenvalue weighted by atomic mass is 10.5. The fourth-order valence-electron chi connectivity index (χ4n) is 0.700. The number of rotatable bonds is 6. The van der Waals surface area contributed by atoms with Crippen LogP contribution >= 0.6 is 0 Å². The third-order valence-electron chi connectivity index (χ3n) is 1.23. The highest BCUT2D eigenvalue weighted by atomic mass is 28.2. The summed E-state index contributed by atoms with van der Waals surface area (Å²) in [5.74, 6) is 0. The van der Waals surface area contributed by atoms with Gasteiger partial charge in [-0.2, -0.15) is 0 Å². The maximum absolute atomic E-state index is 5.37. The van der Waals surface area contributed by atoms with Crippen molar-refractivity contribution < 1.29 is 9.16 Å². The van der Waals surface area contributed by atoms with Crippen LogP contribution in [0.25, 0.3) is 0 Å². The van der Waals surface area contributed by atoms with Gasteiger partial charge in [-0.1, -0.05) is 6.92 Å².